The average Bonchev–Trinajstić information content (AvgIpc) is 2.71. The molecule has 0 amide bonds. The molecule has 0 aliphatic heterocycles. The van der Waals surface area contributed by atoms with Crippen molar-refractivity contribution >= 4 is 16.8 Å². The van der Waals surface area contributed by atoms with E-state index in [9.17, 15) is 4.79 Å². The molecular formula is C14H17N3O2. The first kappa shape index (κ1) is 13.2. The number of hydrogen-bond acceptors (Lipinski definition) is 4. The van der Waals surface area contributed by atoms with Crippen LogP contribution in [-0.4, -0.2) is 18.2 Å². The molecule has 100 valence electrons. The molecule has 0 N–H and O–H groups in total. The predicted octanol–water partition coefficient (Wildman–Crippen LogP) is 2.12. The maximum atomic E-state index is 11.4. The number of benzene rings is 1. The Labute approximate surface area is 111 Å². The van der Waals surface area contributed by atoms with Crippen LogP contribution in [0.15, 0.2) is 27.4 Å². The summed E-state index contributed by atoms with van der Waals surface area (Å²) in [6, 6.07) is 7.88. The molecule has 0 spiro atoms. The fourth-order valence-electron chi connectivity index (χ4n) is 2.05. The Morgan fingerprint density at radius 3 is 2.89 bits per heavy atom. The van der Waals surface area contributed by atoms with E-state index < -0.39 is 0 Å². The van der Waals surface area contributed by atoms with Crippen molar-refractivity contribution in [3.8, 4) is 6.07 Å². The number of anilines is 1. The monoisotopic (exact) mass is 259 g/mol. The minimum absolute atomic E-state index is 0.00821. The molecule has 0 fully saturated rings. The third kappa shape index (κ3) is 2.48. The molecule has 19 heavy (non-hydrogen) atoms. The van der Waals surface area contributed by atoms with Crippen molar-refractivity contribution < 1.29 is 4.42 Å². The van der Waals surface area contributed by atoms with Crippen LogP contribution in [0.2, 0.25) is 0 Å². The Kier molecular flexibility index (Phi) is 3.61. The Hall–Kier alpha value is -2.22. The Bertz CT molecular complexity index is 678. The quantitative estimate of drug-likeness (QED) is 0.843. The zero-order valence-electron chi connectivity index (χ0n) is 11.4. The van der Waals surface area contributed by atoms with E-state index in [0.29, 0.717) is 12.1 Å². The van der Waals surface area contributed by atoms with Crippen molar-refractivity contribution in [2.75, 3.05) is 18.5 Å². The second kappa shape index (κ2) is 5.19. The van der Waals surface area contributed by atoms with E-state index in [2.05, 4.69) is 6.07 Å². The van der Waals surface area contributed by atoms with Crippen LogP contribution in [0.1, 0.15) is 13.3 Å². The molecule has 0 aliphatic carbocycles. The zero-order valence-corrected chi connectivity index (χ0v) is 11.4. The molecule has 0 saturated heterocycles. The summed E-state index contributed by atoms with van der Waals surface area (Å²) in [6.45, 7) is 2.68. The van der Waals surface area contributed by atoms with Crippen molar-refractivity contribution in [3.05, 3.63) is 28.7 Å². The van der Waals surface area contributed by atoms with Crippen LogP contribution in [0.3, 0.4) is 0 Å². The van der Waals surface area contributed by atoms with Gasteiger partial charge in [0, 0.05) is 26.3 Å². The molecule has 1 aromatic heterocycles. The van der Waals surface area contributed by atoms with E-state index in [1.165, 1.54) is 4.57 Å². The van der Waals surface area contributed by atoms with E-state index >= 15 is 0 Å². The fourth-order valence-corrected chi connectivity index (χ4v) is 2.05. The smallest absolute Gasteiger partial charge is 0.408 e. The largest absolute Gasteiger partial charge is 0.419 e. The van der Waals surface area contributed by atoms with Gasteiger partial charge in [-0.1, -0.05) is 6.92 Å². The molecule has 0 radical (unpaired) electrons. The van der Waals surface area contributed by atoms with Gasteiger partial charge in [0.15, 0.2) is 5.58 Å². The lowest BCUT2D eigenvalue weighted by molar-refractivity contribution is 0.528. The molecule has 1 unspecified atom stereocenters. The van der Waals surface area contributed by atoms with Gasteiger partial charge in [-0.05, 0) is 24.6 Å². The van der Waals surface area contributed by atoms with Crippen LogP contribution in [-0.2, 0) is 7.05 Å². The lowest BCUT2D eigenvalue weighted by Crippen LogP contribution is -2.24. The zero-order chi connectivity index (χ0) is 14.0. The number of aryl methyl sites for hydroxylation is 1. The number of oxazole rings is 1. The first-order valence-corrected chi connectivity index (χ1v) is 6.27. The maximum absolute atomic E-state index is 11.4. The first-order chi connectivity index (χ1) is 9.06. The summed E-state index contributed by atoms with van der Waals surface area (Å²) in [6.07, 6.45) is 0.827. The Morgan fingerprint density at radius 1 is 1.53 bits per heavy atom. The summed E-state index contributed by atoms with van der Waals surface area (Å²) in [7, 11) is 3.63. The van der Waals surface area contributed by atoms with Gasteiger partial charge in [0.25, 0.3) is 0 Å². The highest BCUT2D eigenvalue weighted by Gasteiger charge is 2.12. The van der Waals surface area contributed by atoms with E-state index in [1.807, 2.05) is 31.0 Å². The van der Waals surface area contributed by atoms with Crippen molar-refractivity contribution in [1.82, 2.24) is 4.57 Å². The van der Waals surface area contributed by atoms with Crippen LogP contribution >= 0.6 is 0 Å². The lowest BCUT2D eigenvalue weighted by atomic mass is 10.1. The fraction of sp³-hybridized carbons (Fsp3) is 0.429. The second-order valence-corrected chi connectivity index (χ2v) is 4.69. The topological polar surface area (TPSA) is 62.2 Å². The Morgan fingerprint density at radius 2 is 2.26 bits per heavy atom. The highest BCUT2D eigenvalue weighted by molar-refractivity contribution is 5.77. The number of aromatic nitrogens is 1. The van der Waals surface area contributed by atoms with Gasteiger partial charge in [-0.15, -0.1) is 0 Å². The van der Waals surface area contributed by atoms with Gasteiger partial charge in [-0.25, -0.2) is 4.79 Å². The molecule has 2 aromatic rings. The first-order valence-electron chi connectivity index (χ1n) is 6.27. The van der Waals surface area contributed by atoms with Crippen LogP contribution in [0.25, 0.3) is 11.1 Å². The molecule has 1 atom stereocenters. The normalized spacial score (nSPS) is 12.3. The summed E-state index contributed by atoms with van der Waals surface area (Å²) in [5.74, 6) is -0.355. The third-order valence-corrected chi connectivity index (χ3v) is 3.39. The molecule has 5 heteroatoms. The molecule has 1 heterocycles. The molecule has 0 bridgehead atoms. The van der Waals surface area contributed by atoms with Crippen LogP contribution < -0.4 is 10.7 Å². The van der Waals surface area contributed by atoms with E-state index in [1.54, 1.807) is 13.1 Å². The lowest BCUT2D eigenvalue weighted by Gasteiger charge is -2.21. The predicted molar refractivity (Wildman–Crippen MR) is 74.1 cm³/mol. The van der Waals surface area contributed by atoms with Crippen LogP contribution in [0.4, 0.5) is 5.69 Å². The van der Waals surface area contributed by atoms with E-state index in [4.69, 9.17) is 9.68 Å². The summed E-state index contributed by atoms with van der Waals surface area (Å²) < 4.78 is 6.57. The summed E-state index contributed by atoms with van der Waals surface area (Å²) in [5.41, 5.74) is 2.31. The second-order valence-electron chi connectivity index (χ2n) is 4.69. The van der Waals surface area contributed by atoms with E-state index in [0.717, 1.165) is 17.6 Å². The molecule has 0 saturated carbocycles. The number of nitriles is 1. The number of nitrogens with zero attached hydrogens (tertiary/aromatic N) is 3. The van der Waals surface area contributed by atoms with Gasteiger partial charge in [0.05, 0.1) is 17.5 Å². The van der Waals surface area contributed by atoms with E-state index in [-0.39, 0.29) is 11.7 Å². The number of hydrogen-bond donors (Lipinski definition) is 0. The highest BCUT2D eigenvalue weighted by Crippen LogP contribution is 2.21. The van der Waals surface area contributed by atoms with Gasteiger partial charge in [0.2, 0.25) is 0 Å². The summed E-state index contributed by atoms with van der Waals surface area (Å²) in [4.78, 5) is 13.5. The number of fused-ring (bicyclic) bond motifs is 1. The van der Waals surface area contributed by atoms with Crippen molar-refractivity contribution in [2.24, 2.45) is 13.0 Å². The van der Waals surface area contributed by atoms with Gasteiger partial charge in [-0.2, -0.15) is 5.26 Å². The van der Waals surface area contributed by atoms with Crippen LogP contribution in [0.5, 0.6) is 0 Å². The Balaban J connectivity index is 2.33. The van der Waals surface area contributed by atoms with Gasteiger partial charge < -0.3 is 9.32 Å². The number of rotatable bonds is 4. The summed E-state index contributed by atoms with van der Waals surface area (Å²) >= 11 is 0. The van der Waals surface area contributed by atoms with Gasteiger partial charge in [0.1, 0.15) is 0 Å². The van der Waals surface area contributed by atoms with Crippen molar-refractivity contribution in [2.45, 2.75) is 13.3 Å². The molecular weight excluding hydrogens is 242 g/mol. The molecule has 2 rings (SSSR count). The maximum Gasteiger partial charge on any atom is 0.419 e. The average molecular weight is 259 g/mol. The molecule has 0 aliphatic rings. The SMILES string of the molecule is CCC(C#N)CN(C)c1ccc2oc(=O)n(C)c2c1. The minimum Gasteiger partial charge on any atom is -0.408 e. The third-order valence-electron chi connectivity index (χ3n) is 3.39. The molecule has 1 aromatic carbocycles. The standard InChI is InChI=1S/C14H17N3O2/c1-4-10(8-15)9-16(2)11-5-6-13-12(7-11)17(3)14(18)19-13/h5-7,10H,4,9H2,1-3H3. The van der Waals surface area contributed by atoms with Gasteiger partial charge >= 0.3 is 5.76 Å². The summed E-state index contributed by atoms with van der Waals surface area (Å²) in [5, 5.41) is 9.00. The van der Waals surface area contributed by atoms with Crippen LogP contribution in [0, 0.1) is 17.2 Å². The van der Waals surface area contributed by atoms with Gasteiger partial charge in [-0.3, -0.25) is 4.57 Å². The molecule has 5 nitrogen and oxygen atoms in total. The highest BCUT2D eigenvalue weighted by atomic mass is 16.4. The van der Waals surface area contributed by atoms with Crippen molar-refractivity contribution in [1.29, 1.82) is 5.26 Å². The van der Waals surface area contributed by atoms with Crippen molar-refractivity contribution in [3.63, 3.8) is 0 Å². The minimum atomic E-state index is -0.363.